The second kappa shape index (κ2) is 4.37. The van der Waals surface area contributed by atoms with Gasteiger partial charge in [0.15, 0.2) is 0 Å². The third kappa shape index (κ3) is 2.20. The van der Waals surface area contributed by atoms with Crippen molar-refractivity contribution in [3.63, 3.8) is 0 Å². The minimum Gasteiger partial charge on any atom is -0.383 e. The lowest BCUT2D eigenvalue weighted by Gasteiger charge is -2.41. The first kappa shape index (κ1) is 12.5. The van der Waals surface area contributed by atoms with Crippen LogP contribution in [0.5, 0.6) is 0 Å². The van der Waals surface area contributed by atoms with Crippen molar-refractivity contribution in [2.45, 2.75) is 56.1 Å². The van der Waals surface area contributed by atoms with Gasteiger partial charge in [-0.15, -0.1) is 0 Å². The van der Waals surface area contributed by atoms with Gasteiger partial charge >= 0.3 is 5.92 Å². The van der Waals surface area contributed by atoms with Crippen LogP contribution in [0.15, 0.2) is 12.2 Å². The Hall–Kier alpha value is -0.970. The molecule has 1 saturated carbocycles. The van der Waals surface area contributed by atoms with Gasteiger partial charge in [-0.1, -0.05) is 12.2 Å². The first-order valence-corrected chi connectivity index (χ1v) is 6.03. The zero-order chi connectivity index (χ0) is 12.5. The Labute approximate surface area is 98.9 Å². The molecule has 1 fully saturated rings. The number of halogens is 2. The fraction of sp³-hybridized carbons (Fsp3) is 0.750. The highest BCUT2D eigenvalue weighted by atomic mass is 19.3. The summed E-state index contributed by atoms with van der Waals surface area (Å²) >= 11 is 0. The maximum absolute atomic E-state index is 13.7. The maximum Gasteiger partial charge on any atom is 0.352 e. The van der Waals surface area contributed by atoms with Crippen LogP contribution in [-0.4, -0.2) is 28.6 Å². The molecule has 1 amide bonds. The molecular weight excluding hydrogens is 228 g/mol. The summed E-state index contributed by atoms with van der Waals surface area (Å²) < 4.78 is 27.4. The lowest BCUT2D eigenvalue weighted by Crippen LogP contribution is -2.61. The molecule has 2 rings (SSSR count). The summed E-state index contributed by atoms with van der Waals surface area (Å²) in [4.78, 5) is 11.5. The topological polar surface area (TPSA) is 49.3 Å². The molecule has 3 nitrogen and oxygen atoms in total. The average molecular weight is 245 g/mol. The van der Waals surface area contributed by atoms with Crippen molar-refractivity contribution in [2.24, 2.45) is 0 Å². The lowest BCUT2D eigenvalue weighted by molar-refractivity contribution is -0.216. The van der Waals surface area contributed by atoms with E-state index < -0.39 is 17.4 Å². The Morgan fingerprint density at radius 2 is 2.12 bits per heavy atom. The maximum atomic E-state index is 13.7. The number of hydrogen-bond acceptors (Lipinski definition) is 2. The minimum atomic E-state index is -3.68. The quantitative estimate of drug-likeness (QED) is 0.744. The van der Waals surface area contributed by atoms with Gasteiger partial charge in [0.05, 0.1) is 0 Å². The van der Waals surface area contributed by atoms with Gasteiger partial charge in [0.1, 0.15) is 5.60 Å². The molecule has 5 heteroatoms. The zero-order valence-corrected chi connectivity index (χ0v) is 9.59. The Kier molecular flexibility index (Phi) is 3.21. The molecule has 0 aromatic rings. The predicted molar refractivity (Wildman–Crippen MR) is 58.7 cm³/mol. The van der Waals surface area contributed by atoms with Gasteiger partial charge in [0.2, 0.25) is 0 Å². The number of alkyl halides is 2. The van der Waals surface area contributed by atoms with E-state index in [-0.39, 0.29) is 18.9 Å². The van der Waals surface area contributed by atoms with Crippen LogP contribution in [0.3, 0.4) is 0 Å². The first-order valence-electron chi connectivity index (χ1n) is 6.03. The van der Waals surface area contributed by atoms with Gasteiger partial charge in [-0.2, -0.15) is 8.78 Å². The number of carbonyl (C=O) groups is 1. The highest BCUT2D eigenvalue weighted by molar-refractivity contribution is 5.85. The van der Waals surface area contributed by atoms with E-state index in [1.54, 1.807) is 6.08 Å². The fourth-order valence-electron chi connectivity index (χ4n) is 2.23. The SMILES string of the molecule is O=C(NC1C=CCCC1)C(F)(F)C1(O)CCC1. The van der Waals surface area contributed by atoms with Gasteiger partial charge in [-0.25, -0.2) is 0 Å². The van der Waals surface area contributed by atoms with Crippen LogP contribution in [0.2, 0.25) is 0 Å². The van der Waals surface area contributed by atoms with Crippen LogP contribution in [-0.2, 0) is 4.79 Å². The number of nitrogens with one attached hydrogen (secondary N) is 1. The van der Waals surface area contributed by atoms with E-state index in [0.29, 0.717) is 12.8 Å². The van der Waals surface area contributed by atoms with E-state index in [2.05, 4.69) is 5.32 Å². The summed E-state index contributed by atoms with van der Waals surface area (Å²) in [6.07, 6.45) is 6.64. The Morgan fingerprint density at radius 1 is 1.41 bits per heavy atom. The normalized spacial score (nSPS) is 27.4. The summed E-state index contributed by atoms with van der Waals surface area (Å²) in [5, 5.41) is 11.9. The van der Waals surface area contributed by atoms with Crippen LogP contribution >= 0.6 is 0 Å². The number of hydrogen-bond donors (Lipinski definition) is 2. The lowest BCUT2D eigenvalue weighted by atomic mass is 9.75. The number of carbonyl (C=O) groups excluding carboxylic acids is 1. The van der Waals surface area contributed by atoms with E-state index in [1.165, 1.54) is 0 Å². The molecule has 2 aliphatic carbocycles. The third-order valence-corrected chi connectivity index (χ3v) is 3.62. The molecular formula is C12H17F2NO2. The molecule has 0 saturated heterocycles. The molecule has 0 spiro atoms. The highest BCUT2D eigenvalue weighted by Gasteiger charge is 2.61. The van der Waals surface area contributed by atoms with Crippen molar-refractivity contribution < 1.29 is 18.7 Å². The fourth-order valence-corrected chi connectivity index (χ4v) is 2.23. The van der Waals surface area contributed by atoms with Crippen LogP contribution < -0.4 is 5.32 Å². The summed E-state index contributed by atoms with van der Waals surface area (Å²) in [6, 6.07) is -0.328. The van der Waals surface area contributed by atoms with Crippen molar-refractivity contribution in [3.05, 3.63) is 12.2 Å². The van der Waals surface area contributed by atoms with E-state index in [9.17, 15) is 18.7 Å². The average Bonchev–Trinajstić information content (AvgIpc) is 2.27. The van der Waals surface area contributed by atoms with Gasteiger partial charge in [-0.05, 0) is 38.5 Å². The van der Waals surface area contributed by atoms with Crippen LogP contribution in [0.25, 0.3) is 0 Å². The smallest absolute Gasteiger partial charge is 0.352 e. The second-order valence-electron chi connectivity index (χ2n) is 4.90. The molecule has 0 aromatic heterocycles. The monoisotopic (exact) mass is 245 g/mol. The summed E-state index contributed by atoms with van der Waals surface area (Å²) in [7, 11) is 0. The van der Waals surface area contributed by atoms with Crippen molar-refractivity contribution >= 4 is 5.91 Å². The summed E-state index contributed by atoms with van der Waals surface area (Å²) in [6.45, 7) is 0. The van der Waals surface area contributed by atoms with Gasteiger partial charge in [0, 0.05) is 6.04 Å². The first-order chi connectivity index (χ1) is 7.96. The van der Waals surface area contributed by atoms with E-state index in [0.717, 1.165) is 12.8 Å². The molecule has 0 radical (unpaired) electrons. The van der Waals surface area contributed by atoms with Gasteiger partial charge < -0.3 is 10.4 Å². The third-order valence-electron chi connectivity index (χ3n) is 3.62. The van der Waals surface area contributed by atoms with Gasteiger partial charge in [-0.3, -0.25) is 4.79 Å². The molecule has 96 valence electrons. The zero-order valence-electron chi connectivity index (χ0n) is 9.59. The molecule has 2 N–H and O–H groups in total. The minimum absolute atomic E-state index is 0.00603. The molecule has 0 aromatic carbocycles. The largest absolute Gasteiger partial charge is 0.383 e. The Morgan fingerprint density at radius 3 is 2.59 bits per heavy atom. The van der Waals surface area contributed by atoms with E-state index >= 15 is 0 Å². The Bertz CT molecular complexity index is 337. The standard InChI is InChI=1S/C12H17F2NO2/c13-12(14,11(17)7-4-8-11)10(16)15-9-5-2-1-3-6-9/h2,5,9,17H,1,3-4,6-8H2,(H,15,16). The molecule has 1 unspecified atom stereocenters. The molecule has 0 bridgehead atoms. The molecule has 0 heterocycles. The van der Waals surface area contributed by atoms with E-state index in [4.69, 9.17) is 0 Å². The summed E-state index contributed by atoms with van der Waals surface area (Å²) in [5.41, 5.74) is -2.13. The number of rotatable bonds is 3. The second-order valence-corrected chi connectivity index (χ2v) is 4.90. The van der Waals surface area contributed by atoms with Crippen molar-refractivity contribution in [1.29, 1.82) is 0 Å². The number of allylic oxidation sites excluding steroid dienone is 1. The molecule has 0 aliphatic heterocycles. The summed E-state index contributed by atoms with van der Waals surface area (Å²) in [5.74, 6) is -5.03. The molecule has 1 atom stereocenters. The van der Waals surface area contributed by atoms with Crippen molar-refractivity contribution in [1.82, 2.24) is 5.32 Å². The molecule has 17 heavy (non-hydrogen) atoms. The Balaban J connectivity index is 1.98. The van der Waals surface area contributed by atoms with Crippen LogP contribution in [0.1, 0.15) is 38.5 Å². The van der Waals surface area contributed by atoms with Crippen molar-refractivity contribution in [2.75, 3.05) is 0 Å². The van der Waals surface area contributed by atoms with Crippen LogP contribution in [0.4, 0.5) is 8.78 Å². The van der Waals surface area contributed by atoms with Gasteiger partial charge in [0.25, 0.3) is 5.91 Å². The molecule has 2 aliphatic rings. The number of aliphatic hydroxyl groups is 1. The van der Waals surface area contributed by atoms with Crippen molar-refractivity contribution in [3.8, 4) is 0 Å². The van der Waals surface area contributed by atoms with E-state index in [1.807, 2.05) is 6.08 Å². The highest BCUT2D eigenvalue weighted by Crippen LogP contribution is 2.44. The number of amides is 1. The van der Waals surface area contributed by atoms with Crippen LogP contribution in [0, 0.1) is 0 Å². The predicted octanol–water partition coefficient (Wildman–Crippen LogP) is 1.76.